The van der Waals surface area contributed by atoms with Gasteiger partial charge in [-0.05, 0) is 75.5 Å². The number of thioether (sulfide) groups is 1. The molecule has 8 heteroatoms. The molecular weight excluding hydrogens is 432 g/mol. The molecule has 1 aliphatic heterocycles. The van der Waals surface area contributed by atoms with Gasteiger partial charge in [0.2, 0.25) is 0 Å². The highest BCUT2D eigenvalue weighted by atomic mass is 35.5. The van der Waals surface area contributed by atoms with E-state index in [9.17, 15) is 4.79 Å². The molecule has 3 heterocycles. The Morgan fingerprint density at radius 2 is 2.03 bits per heavy atom. The molecule has 1 saturated heterocycles. The largest absolute Gasteiger partial charge is 0.423 e. The van der Waals surface area contributed by atoms with Gasteiger partial charge in [-0.15, -0.1) is 11.8 Å². The normalized spacial score (nSPS) is 16.8. The summed E-state index contributed by atoms with van der Waals surface area (Å²) in [5.41, 5.74) is 2.35. The molecular formula is C23H27ClN4O2S. The first-order valence-corrected chi connectivity index (χ1v) is 11.9. The SMILES string of the molecule is CNCC1CCN(c2nc3cc(Cl)ccc3o2)CC1.O=Cc1ccnc(SC2CC2)c1. The Balaban J connectivity index is 0.000000166. The number of hydrogen-bond acceptors (Lipinski definition) is 7. The minimum atomic E-state index is 0.695. The van der Waals surface area contributed by atoms with Crippen LogP contribution in [-0.4, -0.2) is 48.2 Å². The fourth-order valence-electron chi connectivity index (χ4n) is 3.56. The molecule has 0 amide bonds. The zero-order valence-electron chi connectivity index (χ0n) is 17.6. The maximum Gasteiger partial charge on any atom is 0.298 e. The van der Waals surface area contributed by atoms with E-state index in [1.165, 1.54) is 25.7 Å². The Bertz CT molecular complexity index is 1020. The van der Waals surface area contributed by atoms with Crippen molar-refractivity contribution >= 4 is 46.8 Å². The third kappa shape index (κ3) is 6.21. The molecule has 1 saturated carbocycles. The molecule has 2 aromatic heterocycles. The minimum absolute atomic E-state index is 0.695. The maximum absolute atomic E-state index is 10.4. The number of pyridine rings is 1. The summed E-state index contributed by atoms with van der Waals surface area (Å²) in [4.78, 5) is 21.3. The van der Waals surface area contributed by atoms with E-state index < -0.39 is 0 Å². The van der Waals surface area contributed by atoms with Crippen LogP contribution in [0.3, 0.4) is 0 Å². The molecule has 2 aliphatic rings. The summed E-state index contributed by atoms with van der Waals surface area (Å²) in [7, 11) is 2.01. The summed E-state index contributed by atoms with van der Waals surface area (Å²) in [6.07, 6.45) is 7.49. The van der Waals surface area contributed by atoms with E-state index in [0.29, 0.717) is 10.6 Å². The minimum Gasteiger partial charge on any atom is -0.423 e. The lowest BCUT2D eigenvalue weighted by molar-refractivity contribution is 0.112. The van der Waals surface area contributed by atoms with Crippen LogP contribution in [0.25, 0.3) is 11.1 Å². The molecule has 5 rings (SSSR count). The van der Waals surface area contributed by atoms with Crippen LogP contribution in [-0.2, 0) is 0 Å². The van der Waals surface area contributed by atoms with Crippen LogP contribution in [0.4, 0.5) is 6.01 Å². The second kappa shape index (κ2) is 10.5. The summed E-state index contributed by atoms with van der Waals surface area (Å²) in [6, 6.07) is 9.84. The van der Waals surface area contributed by atoms with Crippen LogP contribution in [0.1, 0.15) is 36.0 Å². The van der Waals surface area contributed by atoms with Crippen molar-refractivity contribution in [1.29, 1.82) is 0 Å². The number of oxazole rings is 1. The average Bonchev–Trinajstić information content (AvgIpc) is 3.50. The summed E-state index contributed by atoms with van der Waals surface area (Å²) < 4.78 is 5.80. The van der Waals surface area contributed by atoms with E-state index in [1.54, 1.807) is 24.0 Å². The van der Waals surface area contributed by atoms with E-state index in [2.05, 4.69) is 20.2 Å². The highest BCUT2D eigenvalue weighted by Crippen LogP contribution is 2.38. The van der Waals surface area contributed by atoms with E-state index in [0.717, 1.165) is 59.2 Å². The fraction of sp³-hybridized carbons (Fsp3) is 0.435. The van der Waals surface area contributed by atoms with Crippen molar-refractivity contribution in [3.8, 4) is 0 Å². The molecule has 3 aromatic rings. The highest BCUT2D eigenvalue weighted by molar-refractivity contribution is 8.00. The van der Waals surface area contributed by atoms with Crippen molar-refractivity contribution in [2.45, 2.75) is 36.0 Å². The van der Waals surface area contributed by atoms with Gasteiger partial charge in [-0.2, -0.15) is 4.98 Å². The highest BCUT2D eigenvalue weighted by Gasteiger charge is 2.23. The zero-order valence-corrected chi connectivity index (χ0v) is 19.2. The third-order valence-corrected chi connectivity index (χ3v) is 6.93. The number of nitrogens with one attached hydrogen (secondary N) is 1. The average molecular weight is 459 g/mol. The third-order valence-electron chi connectivity index (χ3n) is 5.42. The monoisotopic (exact) mass is 458 g/mol. The first-order valence-electron chi connectivity index (χ1n) is 10.7. The molecule has 31 heavy (non-hydrogen) atoms. The second-order valence-corrected chi connectivity index (χ2v) is 9.72. The van der Waals surface area contributed by atoms with Gasteiger partial charge in [-0.25, -0.2) is 4.98 Å². The number of carbonyl (C=O) groups is 1. The number of piperidine rings is 1. The van der Waals surface area contributed by atoms with Crippen LogP contribution in [0, 0.1) is 5.92 Å². The van der Waals surface area contributed by atoms with Gasteiger partial charge in [-0.1, -0.05) is 11.6 Å². The maximum atomic E-state index is 10.4. The summed E-state index contributed by atoms with van der Waals surface area (Å²) in [6.45, 7) is 3.11. The van der Waals surface area contributed by atoms with Crippen molar-refractivity contribution in [2.75, 3.05) is 31.6 Å². The van der Waals surface area contributed by atoms with Gasteiger partial charge in [0.05, 0.1) is 5.03 Å². The number of carbonyl (C=O) groups excluding carboxylic acids is 1. The molecule has 0 spiro atoms. The molecule has 1 aromatic carbocycles. The van der Waals surface area contributed by atoms with Crippen LogP contribution in [0.2, 0.25) is 5.02 Å². The Morgan fingerprint density at radius 1 is 1.23 bits per heavy atom. The molecule has 0 radical (unpaired) electrons. The number of aldehydes is 1. The molecule has 1 N–H and O–H groups in total. The number of rotatable bonds is 6. The smallest absolute Gasteiger partial charge is 0.298 e. The predicted octanol–water partition coefficient (Wildman–Crippen LogP) is 5.07. The second-order valence-electron chi connectivity index (χ2n) is 7.96. The zero-order chi connectivity index (χ0) is 21.6. The van der Waals surface area contributed by atoms with E-state index in [4.69, 9.17) is 16.0 Å². The van der Waals surface area contributed by atoms with E-state index >= 15 is 0 Å². The Labute approximate surface area is 191 Å². The number of halogens is 1. The quantitative estimate of drug-likeness (QED) is 0.517. The first-order chi connectivity index (χ1) is 15.1. The van der Waals surface area contributed by atoms with Gasteiger partial charge in [0.15, 0.2) is 5.58 Å². The van der Waals surface area contributed by atoms with Crippen molar-refractivity contribution in [3.05, 3.63) is 47.1 Å². The van der Waals surface area contributed by atoms with Crippen LogP contribution in [0.5, 0.6) is 0 Å². The van der Waals surface area contributed by atoms with E-state index in [1.807, 2.05) is 31.3 Å². The summed E-state index contributed by atoms with van der Waals surface area (Å²) in [5.74, 6) is 0.764. The number of anilines is 1. The van der Waals surface area contributed by atoms with Crippen LogP contribution >= 0.6 is 23.4 Å². The van der Waals surface area contributed by atoms with Crippen LogP contribution in [0.15, 0.2) is 46.0 Å². The lowest BCUT2D eigenvalue weighted by Gasteiger charge is -2.30. The number of nitrogens with zero attached hydrogens (tertiary/aromatic N) is 3. The Hall–Kier alpha value is -2.09. The Morgan fingerprint density at radius 3 is 2.74 bits per heavy atom. The van der Waals surface area contributed by atoms with Gasteiger partial charge in [0, 0.05) is 35.1 Å². The topological polar surface area (TPSA) is 71.3 Å². The van der Waals surface area contributed by atoms with Gasteiger partial charge in [0.25, 0.3) is 6.01 Å². The number of benzene rings is 1. The van der Waals surface area contributed by atoms with Crippen molar-refractivity contribution in [3.63, 3.8) is 0 Å². The van der Waals surface area contributed by atoms with Gasteiger partial charge < -0.3 is 14.6 Å². The lowest BCUT2D eigenvalue weighted by atomic mass is 9.97. The molecule has 0 bridgehead atoms. The van der Waals surface area contributed by atoms with Crippen LogP contribution < -0.4 is 10.2 Å². The number of aromatic nitrogens is 2. The summed E-state index contributed by atoms with van der Waals surface area (Å²) >= 11 is 7.73. The fourth-order valence-corrected chi connectivity index (χ4v) is 4.77. The van der Waals surface area contributed by atoms with Crippen molar-refractivity contribution in [2.24, 2.45) is 5.92 Å². The molecule has 164 valence electrons. The molecule has 0 atom stereocenters. The number of hydrogen-bond donors (Lipinski definition) is 1. The Kier molecular flexibility index (Phi) is 7.48. The van der Waals surface area contributed by atoms with E-state index in [-0.39, 0.29) is 0 Å². The molecule has 0 unspecified atom stereocenters. The lowest BCUT2D eigenvalue weighted by Crippen LogP contribution is -2.36. The molecule has 1 aliphatic carbocycles. The van der Waals surface area contributed by atoms with Gasteiger partial charge in [-0.3, -0.25) is 4.79 Å². The standard InChI is InChI=1S/C14H18ClN3O.C9H9NOS/c1-16-9-10-4-6-18(7-5-10)14-17-12-8-11(15)2-3-13(12)19-14;11-6-7-3-4-10-9(5-7)12-8-1-2-8/h2-3,8,10,16H,4-7,9H2,1H3;3-6,8H,1-2H2. The number of fused-ring (bicyclic) bond motifs is 1. The molecule has 2 fully saturated rings. The van der Waals surface area contributed by atoms with Crippen molar-refractivity contribution < 1.29 is 9.21 Å². The van der Waals surface area contributed by atoms with Gasteiger partial charge in [0.1, 0.15) is 11.8 Å². The predicted molar refractivity (Wildman–Crippen MR) is 126 cm³/mol. The summed E-state index contributed by atoms with van der Waals surface area (Å²) in [5, 5.41) is 5.67. The van der Waals surface area contributed by atoms with Crippen molar-refractivity contribution in [1.82, 2.24) is 15.3 Å². The molecule has 6 nitrogen and oxygen atoms in total. The van der Waals surface area contributed by atoms with Gasteiger partial charge >= 0.3 is 0 Å². The first kappa shape index (κ1) is 22.1.